The molecule has 106 valence electrons. The lowest BCUT2D eigenvalue weighted by Gasteiger charge is -2.10. The molecule has 0 saturated carbocycles. The highest BCUT2D eigenvalue weighted by atomic mass is 79.9. The van der Waals surface area contributed by atoms with E-state index in [1.807, 2.05) is 18.2 Å². The van der Waals surface area contributed by atoms with E-state index < -0.39 is 5.82 Å². The van der Waals surface area contributed by atoms with Crippen LogP contribution in [0.1, 0.15) is 11.1 Å². The van der Waals surface area contributed by atoms with Gasteiger partial charge in [-0.05, 0) is 42.8 Å². The Morgan fingerprint density at radius 1 is 1.20 bits per heavy atom. The fraction of sp³-hybridized carbons (Fsp3) is 0.200. The Balaban J connectivity index is 2.11. The minimum Gasteiger partial charge on any atom is -0.489 e. The zero-order valence-electron chi connectivity index (χ0n) is 10.7. The molecule has 2 aromatic carbocycles. The first-order chi connectivity index (χ1) is 9.61. The van der Waals surface area contributed by atoms with Crippen molar-refractivity contribution in [2.75, 3.05) is 6.54 Å². The lowest BCUT2D eigenvalue weighted by Crippen LogP contribution is -2.04. The third kappa shape index (κ3) is 3.72. The van der Waals surface area contributed by atoms with E-state index in [-0.39, 0.29) is 11.6 Å². The summed E-state index contributed by atoms with van der Waals surface area (Å²) in [7, 11) is 0. The molecular formula is C15H14BrClFNO. The average Bonchev–Trinajstić information content (AvgIpc) is 2.44. The third-order valence-corrected chi connectivity index (χ3v) is 3.92. The molecule has 0 aliphatic rings. The largest absolute Gasteiger partial charge is 0.489 e. The lowest BCUT2D eigenvalue weighted by molar-refractivity contribution is 0.299. The molecule has 2 N–H and O–H groups in total. The summed E-state index contributed by atoms with van der Waals surface area (Å²) in [5, 5.41) is 0.103. The Kier molecular flexibility index (Phi) is 5.40. The van der Waals surface area contributed by atoms with Crippen molar-refractivity contribution in [2.24, 2.45) is 5.73 Å². The van der Waals surface area contributed by atoms with E-state index >= 15 is 0 Å². The number of rotatable bonds is 5. The van der Waals surface area contributed by atoms with Crippen molar-refractivity contribution in [1.29, 1.82) is 0 Å². The SMILES string of the molecule is NCCc1cc(OCc2cccc(Cl)c2F)ccc1Br. The van der Waals surface area contributed by atoms with Crippen LogP contribution in [0.25, 0.3) is 0 Å². The summed E-state index contributed by atoms with van der Waals surface area (Å²) in [5.41, 5.74) is 7.05. The van der Waals surface area contributed by atoms with Crippen molar-refractivity contribution < 1.29 is 9.13 Å². The Hall–Kier alpha value is -1.10. The highest BCUT2D eigenvalue weighted by molar-refractivity contribution is 9.10. The summed E-state index contributed by atoms with van der Waals surface area (Å²) in [5.74, 6) is 0.240. The second kappa shape index (κ2) is 7.07. The molecule has 0 atom stereocenters. The summed E-state index contributed by atoms with van der Waals surface area (Å²) in [6, 6.07) is 10.5. The number of benzene rings is 2. The van der Waals surface area contributed by atoms with Gasteiger partial charge in [0.15, 0.2) is 0 Å². The molecule has 0 heterocycles. The minimum atomic E-state index is -0.437. The quantitative estimate of drug-likeness (QED) is 0.864. The summed E-state index contributed by atoms with van der Waals surface area (Å²) in [6.45, 7) is 0.696. The summed E-state index contributed by atoms with van der Waals surface area (Å²) in [4.78, 5) is 0. The molecule has 2 aromatic rings. The second-order valence-electron chi connectivity index (χ2n) is 4.29. The van der Waals surface area contributed by atoms with Gasteiger partial charge in [0, 0.05) is 10.0 Å². The Labute approximate surface area is 130 Å². The zero-order valence-corrected chi connectivity index (χ0v) is 13.0. The molecule has 20 heavy (non-hydrogen) atoms. The molecule has 0 bridgehead atoms. The summed E-state index contributed by atoms with van der Waals surface area (Å²) >= 11 is 9.19. The van der Waals surface area contributed by atoms with E-state index in [1.165, 1.54) is 6.07 Å². The third-order valence-electron chi connectivity index (χ3n) is 2.86. The highest BCUT2D eigenvalue weighted by Gasteiger charge is 2.07. The van der Waals surface area contributed by atoms with Crippen LogP contribution in [0.4, 0.5) is 4.39 Å². The molecule has 0 radical (unpaired) electrons. The van der Waals surface area contributed by atoms with Crippen LogP contribution in [0.15, 0.2) is 40.9 Å². The molecule has 0 unspecified atom stereocenters. The maximum atomic E-state index is 13.7. The standard InChI is InChI=1S/C15H14BrClFNO/c16-13-5-4-12(8-10(13)6-7-19)20-9-11-2-1-3-14(17)15(11)18/h1-5,8H,6-7,9,19H2. The van der Waals surface area contributed by atoms with Crippen LogP contribution in [-0.2, 0) is 13.0 Å². The van der Waals surface area contributed by atoms with Crippen molar-refractivity contribution >= 4 is 27.5 Å². The maximum absolute atomic E-state index is 13.7. The van der Waals surface area contributed by atoms with Gasteiger partial charge < -0.3 is 10.5 Å². The van der Waals surface area contributed by atoms with Crippen LogP contribution >= 0.6 is 27.5 Å². The molecule has 0 saturated heterocycles. The van der Waals surface area contributed by atoms with Crippen molar-refractivity contribution in [2.45, 2.75) is 13.0 Å². The molecule has 5 heteroatoms. The molecule has 0 fully saturated rings. The number of hydrogen-bond donors (Lipinski definition) is 1. The van der Waals surface area contributed by atoms with Crippen LogP contribution in [-0.4, -0.2) is 6.54 Å². The molecule has 2 rings (SSSR count). The second-order valence-corrected chi connectivity index (χ2v) is 5.56. The number of ether oxygens (including phenoxy) is 1. The van der Waals surface area contributed by atoms with Crippen LogP contribution < -0.4 is 10.5 Å². The molecule has 0 aliphatic heterocycles. The van der Waals surface area contributed by atoms with Crippen molar-refractivity contribution in [3.05, 3.63) is 62.8 Å². The predicted molar refractivity (Wildman–Crippen MR) is 82.6 cm³/mol. The zero-order chi connectivity index (χ0) is 14.5. The number of nitrogens with two attached hydrogens (primary N) is 1. The van der Waals surface area contributed by atoms with Gasteiger partial charge in [-0.2, -0.15) is 0 Å². The topological polar surface area (TPSA) is 35.2 Å². The van der Waals surface area contributed by atoms with E-state index in [1.54, 1.807) is 12.1 Å². The Morgan fingerprint density at radius 3 is 2.75 bits per heavy atom. The number of halogens is 3. The maximum Gasteiger partial charge on any atom is 0.148 e. The molecular weight excluding hydrogens is 345 g/mol. The highest BCUT2D eigenvalue weighted by Crippen LogP contribution is 2.24. The van der Waals surface area contributed by atoms with Crippen molar-refractivity contribution in [3.8, 4) is 5.75 Å². The normalized spacial score (nSPS) is 10.6. The smallest absolute Gasteiger partial charge is 0.148 e. The number of hydrogen-bond acceptors (Lipinski definition) is 2. The molecule has 0 amide bonds. The van der Waals surface area contributed by atoms with Gasteiger partial charge in [0.05, 0.1) is 5.02 Å². The average molecular weight is 359 g/mol. The van der Waals surface area contributed by atoms with E-state index in [0.29, 0.717) is 17.9 Å². The first kappa shape index (κ1) is 15.3. The monoisotopic (exact) mass is 357 g/mol. The van der Waals surface area contributed by atoms with Gasteiger partial charge in [0.1, 0.15) is 18.2 Å². The van der Waals surface area contributed by atoms with Crippen LogP contribution in [0.5, 0.6) is 5.75 Å². The van der Waals surface area contributed by atoms with Gasteiger partial charge in [0.25, 0.3) is 0 Å². The summed E-state index contributed by atoms with van der Waals surface area (Å²) < 4.78 is 20.3. The molecule has 2 nitrogen and oxygen atoms in total. The van der Waals surface area contributed by atoms with Crippen LogP contribution in [0, 0.1) is 5.82 Å². The van der Waals surface area contributed by atoms with Gasteiger partial charge in [-0.3, -0.25) is 0 Å². The lowest BCUT2D eigenvalue weighted by atomic mass is 10.1. The Bertz CT molecular complexity index is 606. The summed E-state index contributed by atoms with van der Waals surface area (Å²) in [6.07, 6.45) is 0.753. The first-order valence-corrected chi connectivity index (χ1v) is 7.33. The predicted octanol–water partition coefficient (Wildman–Crippen LogP) is 4.32. The van der Waals surface area contributed by atoms with Gasteiger partial charge in [-0.25, -0.2) is 4.39 Å². The first-order valence-electron chi connectivity index (χ1n) is 6.16. The fourth-order valence-electron chi connectivity index (χ4n) is 1.81. The molecule has 0 spiro atoms. The van der Waals surface area contributed by atoms with E-state index in [0.717, 1.165) is 16.5 Å². The van der Waals surface area contributed by atoms with Gasteiger partial charge in [-0.15, -0.1) is 0 Å². The molecule has 0 aromatic heterocycles. The van der Waals surface area contributed by atoms with Crippen LogP contribution in [0.3, 0.4) is 0 Å². The Morgan fingerprint density at radius 2 is 2.00 bits per heavy atom. The van der Waals surface area contributed by atoms with Crippen molar-refractivity contribution in [1.82, 2.24) is 0 Å². The molecule has 0 aliphatic carbocycles. The van der Waals surface area contributed by atoms with Crippen LogP contribution in [0.2, 0.25) is 5.02 Å². The minimum absolute atomic E-state index is 0.103. The van der Waals surface area contributed by atoms with E-state index in [2.05, 4.69) is 15.9 Å². The van der Waals surface area contributed by atoms with E-state index in [9.17, 15) is 4.39 Å². The van der Waals surface area contributed by atoms with Gasteiger partial charge >= 0.3 is 0 Å². The van der Waals surface area contributed by atoms with Gasteiger partial charge in [-0.1, -0.05) is 39.7 Å². The fourth-order valence-corrected chi connectivity index (χ4v) is 2.45. The van der Waals surface area contributed by atoms with E-state index in [4.69, 9.17) is 22.1 Å². The van der Waals surface area contributed by atoms with Crippen molar-refractivity contribution in [3.63, 3.8) is 0 Å². The van der Waals surface area contributed by atoms with Gasteiger partial charge in [0.2, 0.25) is 0 Å².